The minimum absolute atomic E-state index is 0.0442. The highest BCUT2D eigenvalue weighted by molar-refractivity contribution is 5.95. The molecule has 0 aliphatic rings. The first-order chi connectivity index (χ1) is 9.76. The first-order valence-corrected chi connectivity index (χ1v) is 7.41. The average Bonchev–Trinajstić information content (AvgIpc) is 2.82. The van der Waals surface area contributed by atoms with E-state index in [1.807, 2.05) is 27.7 Å². The first kappa shape index (κ1) is 17.2. The zero-order valence-electron chi connectivity index (χ0n) is 13.6. The standard InChI is InChI=1S/C15H26N4O2/c1-6-8-11-9-12(18-17-11)14(21)19(7-2)10-13(20)16-15(3,4)5/h9H,6-8,10H2,1-5H3,(H,16,20)(H,17,18). The van der Waals surface area contributed by atoms with Crippen LogP contribution < -0.4 is 5.32 Å². The third kappa shape index (κ3) is 5.57. The second-order valence-electron chi connectivity index (χ2n) is 6.15. The zero-order chi connectivity index (χ0) is 16.0. The van der Waals surface area contributed by atoms with Crippen LogP contribution in [0.25, 0.3) is 0 Å². The number of amides is 2. The van der Waals surface area contributed by atoms with Crippen LogP contribution in [0.5, 0.6) is 0 Å². The van der Waals surface area contributed by atoms with Crippen molar-refractivity contribution in [3.8, 4) is 0 Å². The van der Waals surface area contributed by atoms with Gasteiger partial charge in [-0.25, -0.2) is 0 Å². The summed E-state index contributed by atoms with van der Waals surface area (Å²) < 4.78 is 0. The molecule has 0 unspecified atom stereocenters. The lowest BCUT2D eigenvalue weighted by atomic mass is 10.1. The monoisotopic (exact) mass is 294 g/mol. The normalized spacial score (nSPS) is 11.3. The maximum Gasteiger partial charge on any atom is 0.274 e. The first-order valence-electron chi connectivity index (χ1n) is 7.41. The van der Waals surface area contributed by atoms with Gasteiger partial charge in [0.2, 0.25) is 5.91 Å². The second kappa shape index (κ2) is 7.24. The van der Waals surface area contributed by atoms with Gasteiger partial charge in [-0.3, -0.25) is 14.7 Å². The maximum atomic E-state index is 12.4. The molecule has 0 radical (unpaired) electrons. The van der Waals surface area contributed by atoms with Gasteiger partial charge in [-0.05, 0) is 40.2 Å². The summed E-state index contributed by atoms with van der Waals surface area (Å²) in [5, 5.41) is 9.75. The number of carbonyl (C=O) groups is 2. The third-order valence-electron chi connectivity index (χ3n) is 2.89. The molecule has 0 atom stereocenters. The lowest BCUT2D eigenvalue weighted by Gasteiger charge is -2.24. The van der Waals surface area contributed by atoms with Gasteiger partial charge < -0.3 is 10.2 Å². The third-order valence-corrected chi connectivity index (χ3v) is 2.89. The van der Waals surface area contributed by atoms with Crippen LogP contribution in [0.2, 0.25) is 0 Å². The molecule has 0 saturated carbocycles. The van der Waals surface area contributed by atoms with E-state index in [0.29, 0.717) is 12.2 Å². The number of nitrogens with zero attached hydrogens (tertiary/aromatic N) is 2. The van der Waals surface area contributed by atoms with Gasteiger partial charge in [0.15, 0.2) is 0 Å². The predicted molar refractivity (Wildman–Crippen MR) is 82.1 cm³/mol. The van der Waals surface area contributed by atoms with Crippen molar-refractivity contribution in [2.45, 2.75) is 53.0 Å². The molecule has 118 valence electrons. The number of H-pyrrole nitrogens is 1. The summed E-state index contributed by atoms with van der Waals surface area (Å²) in [6.07, 6.45) is 1.85. The highest BCUT2D eigenvalue weighted by Crippen LogP contribution is 2.07. The number of nitrogens with one attached hydrogen (secondary N) is 2. The summed E-state index contributed by atoms with van der Waals surface area (Å²) >= 11 is 0. The molecule has 0 aliphatic heterocycles. The Bertz CT molecular complexity index is 488. The fourth-order valence-electron chi connectivity index (χ4n) is 1.99. The Labute approximate surface area is 126 Å². The molecule has 0 bridgehead atoms. The van der Waals surface area contributed by atoms with Gasteiger partial charge in [-0.1, -0.05) is 13.3 Å². The maximum absolute atomic E-state index is 12.4. The second-order valence-corrected chi connectivity index (χ2v) is 6.15. The Morgan fingerprint density at radius 3 is 2.52 bits per heavy atom. The molecule has 6 nitrogen and oxygen atoms in total. The lowest BCUT2D eigenvalue weighted by molar-refractivity contribution is -0.123. The van der Waals surface area contributed by atoms with Crippen LogP contribution in [0.4, 0.5) is 0 Å². The minimum atomic E-state index is -0.305. The molecule has 0 fully saturated rings. The smallest absolute Gasteiger partial charge is 0.274 e. The van der Waals surface area contributed by atoms with Gasteiger partial charge in [0.05, 0.1) is 6.54 Å². The molecule has 0 aliphatic carbocycles. The minimum Gasteiger partial charge on any atom is -0.350 e. The van der Waals surface area contributed by atoms with E-state index >= 15 is 0 Å². The zero-order valence-corrected chi connectivity index (χ0v) is 13.6. The summed E-state index contributed by atoms with van der Waals surface area (Å²) in [6.45, 7) is 10.2. The number of aromatic nitrogens is 2. The van der Waals surface area contributed by atoms with Crippen molar-refractivity contribution in [3.63, 3.8) is 0 Å². The fourth-order valence-corrected chi connectivity index (χ4v) is 1.99. The summed E-state index contributed by atoms with van der Waals surface area (Å²) in [6, 6.07) is 1.76. The summed E-state index contributed by atoms with van der Waals surface area (Å²) in [5.41, 5.74) is 1.00. The molecule has 1 rings (SSSR count). The quantitative estimate of drug-likeness (QED) is 0.839. The van der Waals surface area contributed by atoms with E-state index in [0.717, 1.165) is 18.5 Å². The number of aryl methyl sites for hydroxylation is 1. The van der Waals surface area contributed by atoms with Gasteiger partial charge in [0.25, 0.3) is 5.91 Å². The SMILES string of the molecule is CCCc1cc(C(=O)N(CC)CC(=O)NC(C)(C)C)n[nH]1. The molecule has 1 aromatic heterocycles. The van der Waals surface area contributed by atoms with Gasteiger partial charge >= 0.3 is 0 Å². The number of likely N-dealkylation sites (N-methyl/N-ethyl adjacent to an activating group) is 1. The van der Waals surface area contributed by atoms with Gasteiger partial charge in [0.1, 0.15) is 5.69 Å². The Morgan fingerprint density at radius 2 is 2.00 bits per heavy atom. The molecule has 6 heteroatoms. The van der Waals surface area contributed by atoms with E-state index in [4.69, 9.17) is 0 Å². The number of hydrogen-bond acceptors (Lipinski definition) is 3. The average molecular weight is 294 g/mol. The van der Waals surface area contributed by atoms with Crippen LogP contribution in [-0.2, 0) is 11.2 Å². The van der Waals surface area contributed by atoms with E-state index in [9.17, 15) is 9.59 Å². The Hall–Kier alpha value is -1.85. The molecule has 0 aromatic carbocycles. The number of rotatable bonds is 6. The van der Waals surface area contributed by atoms with Crippen LogP contribution in [-0.4, -0.2) is 45.5 Å². The van der Waals surface area contributed by atoms with Crippen molar-refractivity contribution >= 4 is 11.8 Å². The highest BCUT2D eigenvalue weighted by Gasteiger charge is 2.22. The van der Waals surface area contributed by atoms with Crippen LogP contribution in [0.3, 0.4) is 0 Å². The summed E-state index contributed by atoms with van der Waals surface area (Å²) in [4.78, 5) is 25.8. The van der Waals surface area contributed by atoms with E-state index in [2.05, 4.69) is 22.4 Å². The van der Waals surface area contributed by atoms with E-state index < -0.39 is 0 Å². The summed E-state index contributed by atoms with van der Waals surface area (Å²) in [7, 11) is 0. The molecule has 21 heavy (non-hydrogen) atoms. The van der Waals surface area contributed by atoms with E-state index in [-0.39, 0.29) is 23.9 Å². The number of hydrogen-bond donors (Lipinski definition) is 2. The van der Waals surface area contributed by atoms with E-state index in [1.54, 1.807) is 6.07 Å². The molecular formula is C15H26N4O2. The largest absolute Gasteiger partial charge is 0.350 e. The molecule has 1 heterocycles. The molecule has 0 spiro atoms. The van der Waals surface area contributed by atoms with Gasteiger partial charge in [-0.2, -0.15) is 5.10 Å². The lowest BCUT2D eigenvalue weighted by Crippen LogP contribution is -2.47. The molecule has 1 aromatic rings. The van der Waals surface area contributed by atoms with Gasteiger partial charge in [-0.15, -0.1) is 0 Å². The Kier molecular flexibility index (Phi) is 5.93. The fraction of sp³-hybridized carbons (Fsp3) is 0.667. The molecule has 2 N–H and O–H groups in total. The van der Waals surface area contributed by atoms with Crippen molar-refractivity contribution in [1.29, 1.82) is 0 Å². The van der Waals surface area contributed by atoms with E-state index in [1.165, 1.54) is 4.90 Å². The Balaban J connectivity index is 2.70. The van der Waals surface area contributed by atoms with Crippen molar-refractivity contribution in [2.24, 2.45) is 0 Å². The van der Waals surface area contributed by atoms with Crippen molar-refractivity contribution in [3.05, 3.63) is 17.5 Å². The van der Waals surface area contributed by atoms with Crippen LogP contribution in [0, 0.1) is 0 Å². The summed E-state index contributed by atoms with van der Waals surface area (Å²) in [5.74, 6) is -0.387. The molecule has 2 amide bonds. The van der Waals surface area contributed by atoms with Crippen molar-refractivity contribution < 1.29 is 9.59 Å². The van der Waals surface area contributed by atoms with Crippen LogP contribution in [0.15, 0.2) is 6.07 Å². The Morgan fingerprint density at radius 1 is 1.33 bits per heavy atom. The van der Waals surface area contributed by atoms with Crippen molar-refractivity contribution in [2.75, 3.05) is 13.1 Å². The molecule has 0 saturated heterocycles. The predicted octanol–water partition coefficient (Wildman–Crippen LogP) is 1.74. The van der Waals surface area contributed by atoms with Gasteiger partial charge in [0, 0.05) is 17.8 Å². The van der Waals surface area contributed by atoms with Crippen molar-refractivity contribution in [1.82, 2.24) is 20.4 Å². The number of aromatic amines is 1. The van der Waals surface area contributed by atoms with Crippen LogP contribution >= 0.6 is 0 Å². The highest BCUT2D eigenvalue weighted by atomic mass is 16.2. The molecular weight excluding hydrogens is 268 g/mol. The topological polar surface area (TPSA) is 78.1 Å². The van der Waals surface area contributed by atoms with Crippen LogP contribution in [0.1, 0.15) is 57.2 Å². The number of carbonyl (C=O) groups excluding carboxylic acids is 2.